The average molecular weight is 490 g/mol. The highest BCUT2D eigenvalue weighted by Crippen LogP contribution is 2.39. The van der Waals surface area contributed by atoms with Crippen LogP contribution in [0.4, 0.5) is 10.9 Å². The fourth-order valence-electron chi connectivity index (χ4n) is 3.03. The number of carboxylic acids is 1. The number of aromatic nitrogens is 2. The number of carbonyl (C=O) groups is 1. The molecule has 31 heavy (non-hydrogen) atoms. The van der Waals surface area contributed by atoms with Crippen LogP contribution >= 0.6 is 45.9 Å². The molecule has 0 bridgehead atoms. The molecule has 0 unspecified atom stereocenters. The summed E-state index contributed by atoms with van der Waals surface area (Å²) in [6, 6.07) is 10.9. The molecule has 0 spiro atoms. The van der Waals surface area contributed by atoms with E-state index in [-0.39, 0.29) is 17.3 Å². The maximum atomic E-state index is 11.9. The second-order valence-electron chi connectivity index (χ2n) is 7.04. The smallest absolute Gasteiger partial charge is 0.339 e. The minimum absolute atomic E-state index is 0.0864. The van der Waals surface area contributed by atoms with Crippen LogP contribution in [-0.4, -0.2) is 21.0 Å². The van der Waals surface area contributed by atoms with Gasteiger partial charge in [0.25, 0.3) is 0 Å². The summed E-state index contributed by atoms with van der Waals surface area (Å²) in [5, 5.41) is 16.3. The van der Waals surface area contributed by atoms with E-state index >= 15 is 0 Å². The van der Waals surface area contributed by atoms with Gasteiger partial charge in [-0.2, -0.15) is 0 Å². The van der Waals surface area contributed by atoms with Crippen molar-refractivity contribution in [3.63, 3.8) is 0 Å². The molecule has 0 amide bonds. The number of benzene rings is 1. The molecule has 0 saturated carbocycles. The number of anilines is 2. The fraction of sp³-hybridized carbons (Fsp3) is 0.136. The molecule has 9 heteroatoms. The van der Waals surface area contributed by atoms with Crippen molar-refractivity contribution in [3.05, 3.63) is 68.5 Å². The Labute approximate surface area is 197 Å². The number of nitrogens with zero attached hydrogens (tertiary/aromatic N) is 2. The number of pyridine rings is 1. The van der Waals surface area contributed by atoms with E-state index in [1.54, 1.807) is 24.4 Å². The Hall–Kier alpha value is -2.45. The van der Waals surface area contributed by atoms with Crippen molar-refractivity contribution >= 4 is 62.8 Å². The van der Waals surface area contributed by atoms with Crippen molar-refractivity contribution in [1.29, 1.82) is 0 Å². The molecule has 0 fully saturated rings. The Bertz CT molecular complexity index is 1250. The second-order valence-corrected chi connectivity index (χ2v) is 9.84. The van der Waals surface area contributed by atoms with E-state index in [1.165, 1.54) is 22.7 Å². The molecule has 5 nitrogen and oxygen atoms in total. The van der Waals surface area contributed by atoms with E-state index in [0.717, 1.165) is 26.6 Å². The van der Waals surface area contributed by atoms with Gasteiger partial charge in [-0.1, -0.05) is 49.2 Å². The number of halogens is 2. The van der Waals surface area contributed by atoms with E-state index in [2.05, 4.69) is 24.1 Å². The Balaban J connectivity index is 1.72. The lowest BCUT2D eigenvalue weighted by atomic mass is 10.1. The Morgan fingerprint density at radius 2 is 1.94 bits per heavy atom. The Morgan fingerprint density at radius 1 is 1.13 bits per heavy atom. The van der Waals surface area contributed by atoms with Crippen LogP contribution in [0.25, 0.3) is 21.7 Å². The lowest BCUT2D eigenvalue weighted by Gasteiger charge is -2.07. The molecule has 4 aromatic rings. The molecule has 1 aromatic carbocycles. The summed E-state index contributed by atoms with van der Waals surface area (Å²) in [5.41, 5.74) is 2.48. The third kappa shape index (κ3) is 4.60. The molecule has 3 aromatic heterocycles. The van der Waals surface area contributed by atoms with Gasteiger partial charge < -0.3 is 10.4 Å². The van der Waals surface area contributed by atoms with Crippen LogP contribution in [0.3, 0.4) is 0 Å². The first-order valence-corrected chi connectivity index (χ1v) is 11.8. The highest BCUT2D eigenvalue weighted by molar-refractivity contribution is 7.16. The van der Waals surface area contributed by atoms with Gasteiger partial charge in [-0.05, 0) is 35.6 Å². The van der Waals surface area contributed by atoms with Crippen LogP contribution in [0.2, 0.25) is 10.0 Å². The van der Waals surface area contributed by atoms with Gasteiger partial charge in [0.2, 0.25) is 0 Å². The average Bonchev–Trinajstić information content (AvgIpc) is 3.40. The van der Waals surface area contributed by atoms with Crippen molar-refractivity contribution in [2.75, 3.05) is 5.32 Å². The Kier molecular flexibility index (Phi) is 6.29. The van der Waals surface area contributed by atoms with Crippen molar-refractivity contribution in [2.45, 2.75) is 19.8 Å². The molecule has 0 radical (unpaired) electrons. The molecule has 0 aliphatic heterocycles. The van der Waals surface area contributed by atoms with Crippen LogP contribution < -0.4 is 5.32 Å². The predicted octanol–water partition coefficient (Wildman–Crippen LogP) is 7.81. The van der Waals surface area contributed by atoms with Gasteiger partial charge in [0.1, 0.15) is 11.4 Å². The second kappa shape index (κ2) is 8.96. The van der Waals surface area contributed by atoms with E-state index in [4.69, 9.17) is 28.2 Å². The maximum Gasteiger partial charge on any atom is 0.339 e. The number of nitrogens with one attached hydrogen (secondary N) is 1. The van der Waals surface area contributed by atoms with E-state index < -0.39 is 5.97 Å². The molecule has 4 rings (SSSR count). The van der Waals surface area contributed by atoms with Gasteiger partial charge in [-0.15, -0.1) is 22.7 Å². The number of thiazole rings is 1. The van der Waals surface area contributed by atoms with Gasteiger partial charge in [-0.3, -0.25) is 0 Å². The summed E-state index contributed by atoms with van der Waals surface area (Å²) in [4.78, 5) is 23.0. The lowest BCUT2D eigenvalue weighted by molar-refractivity contribution is 0.0697. The van der Waals surface area contributed by atoms with Crippen molar-refractivity contribution < 1.29 is 9.90 Å². The van der Waals surface area contributed by atoms with Crippen LogP contribution in [0.5, 0.6) is 0 Å². The number of rotatable bonds is 6. The number of hydrogen-bond acceptors (Lipinski definition) is 6. The number of aromatic carboxylic acids is 1. The zero-order valence-corrected chi connectivity index (χ0v) is 19.7. The molecular weight excluding hydrogens is 473 g/mol. The van der Waals surface area contributed by atoms with Crippen LogP contribution in [0, 0.1) is 0 Å². The molecule has 158 valence electrons. The first-order valence-electron chi connectivity index (χ1n) is 9.34. The normalized spacial score (nSPS) is 11.1. The zero-order valence-electron chi connectivity index (χ0n) is 16.5. The van der Waals surface area contributed by atoms with Crippen LogP contribution in [-0.2, 0) is 0 Å². The van der Waals surface area contributed by atoms with E-state index in [0.29, 0.717) is 15.2 Å². The molecule has 2 N–H and O–H groups in total. The minimum Gasteiger partial charge on any atom is -0.478 e. The summed E-state index contributed by atoms with van der Waals surface area (Å²) in [6.07, 6.45) is 1.66. The molecule has 0 saturated heterocycles. The Morgan fingerprint density at radius 3 is 2.58 bits per heavy atom. The van der Waals surface area contributed by atoms with Crippen LogP contribution in [0.1, 0.15) is 35.0 Å². The summed E-state index contributed by atoms with van der Waals surface area (Å²) >= 11 is 15.2. The number of carboxylic acid groups (broad SMARTS) is 1. The van der Waals surface area contributed by atoms with E-state index in [9.17, 15) is 9.90 Å². The van der Waals surface area contributed by atoms with Crippen molar-refractivity contribution in [3.8, 4) is 21.7 Å². The monoisotopic (exact) mass is 489 g/mol. The number of thiophene rings is 1. The van der Waals surface area contributed by atoms with Gasteiger partial charge in [0.15, 0.2) is 5.13 Å². The third-order valence-corrected chi connectivity index (χ3v) is 7.45. The first kappa shape index (κ1) is 21.8. The molecule has 0 aliphatic rings. The third-order valence-electron chi connectivity index (χ3n) is 4.52. The van der Waals surface area contributed by atoms with E-state index in [1.807, 2.05) is 23.6 Å². The zero-order chi connectivity index (χ0) is 22.1. The standard InChI is InChI=1S/C22H17Cl2N3O2S2/c1-11(2)19-18(12-5-6-15(23)16(24)9-12)26-22(31-19)27-20-14(21(28)29)8-13(10-25-20)17-4-3-7-30-17/h3-11H,1-2H3,(H,28,29)(H,25,26,27). The van der Waals surface area contributed by atoms with Crippen molar-refractivity contribution in [2.24, 2.45) is 0 Å². The SMILES string of the molecule is CC(C)c1sc(Nc2ncc(-c3cccs3)cc2C(=O)O)nc1-c1ccc(Cl)c(Cl)c1. The highest BCUT2D eigenvalue weighted by Gasteiger charge is 2.20. The maximum absolute atomic E-state index is 11.9. The fourth-order valence-corrected chi connectivity index (χ4v) is 5.03. The summed E-state index contributed by atoms with van der Waals surface area (Å²) in [6.45, 7) is 4.16. The quantitative estimate of drug-likeness (QED) is 0.288. The number of hydrogen-bond donors (Lipinski definition) is 2. The lowest BCUT2D eigenvalue weighted by Crippen LogP contribution is -2.05. The van der Waals surface area contributed by atoms with Gasteiger partial charge >= 0.3 is 5.97 Å². The summed E-state index contributed by atoms with van der Waals surface area (Å²) < 4.78 is 0. The van der Waals surface area contributed by atoms with Crippen LogP contribution in [0.15, 0.2) is 48.0 Å². The summed E-state index contributed by atoms with van der Waals surface area (Å²) in [5.74, 6) is -0.595. The molecule has 3 heterocycles. The molecule has 0 atom stereocenters. The topological polar surface area (TPSA) is 75.1 Å². The first-order chi connectivity index (χ1) is 14.8. The molecular formula is C22H17Cl2N3O2S2. The van der Waals surface area contributed by atoms with Crippen molar-refractivity contribution in [1.82, 2.24) is 9.97 Å². The predicted molar refractivity (Wildman–Crippen MR) is 129 cm³/mol. The largest absolute Gasteiger partial charge is 0.478 e. The van der Waals surface area contributed by atoms with Gasteiger partial charge in [0.05, 0.1) is 15.7 Å². The highest BCUT2D eigenvalue weighted by atomic mass is 35.5. The minimum atomic E-state index is -1.06. The van der Waals surface area contributed by atoms with Gasteiger partial charge in [0, 0.05) is 27.1 Å². The summed E-state index contributed by atoms with van der Waals surface area (Å²) in [7, 11) is 0. The van der Waals surface area contributed by atoms with Gasteiger partial charge in [-0.25, -0.2) is 14.8 Å². The molecule has 0 aliphatic carbocycles.